The largest absolute Gasteiger partial charge is 0.398 e. The van der Waals surface area contributed by atoms with Crippen LogP contribution in [0.4, 0.5) is 5.69 Å². The summed E-state index contributed by atoms with van der Waals surface area (Å²) in [5, 5.41) is 28.5. The Morgan fingerprint density at radius 3 is 2.74 bits per heavy atom. The number of anilines is 1. The molecular formula is C13H16N2O3S. The predicted molar refractivity (Wildman–Crippen MR) is 74.3 cm³/mol. The maximum Gasteiger partial charge on any atom is 0.185 e. The molecule has 0 bridgehead atoms. The molecule has 6 heteroatoms. The number of nitrogens with two attached hydrogens (primary N) is 1. The van der Waals surface area contributed by atoms with Crippen LogP contribution >= 0.6 is 11.8 Å². The Hall–Kier alpha value is -1.55. The van der Waals surface area contributed by atoms with E-state index in [1.807, 2.05) is 6.07 Å². The fourth-order valence-electron chi connectivity index (χ4n) is 1.57. The van der Waals surface area contributed by atoms with Crippen molar-refractivity contribution in [3.8, 4) is 6.07 Å². The van der Waals surface area contributed by atoms with Gasteiger partial charge in [-0.15, -0.1) is 0 Å². The smallest absolute Gasteiger partial charge is 0.185 e. The van der Waals surface area contributed by atoms with Gasteiger partial charge >= 0.3 is 0 Å². The van der Waals surface area contributed by atoms with Gasteiger partial charge in [0, 0.05) is 18.4 Å². The molecule has 5 nitrogen and oxygen atoms in total. The van der Waals surface area contributed by atoms with Gasteiger partial charge in [0.1, 0.15) is 12.2 Å². The number of thioether (sulfide) groups is 1. The van der Waals surface area contributed by atoms with Crippen molar-refractivity contribution in [2.45, 2.75) is 25.6 Å². The highest BCUT2D eigenvalue weighted by molar-refractivity contribution is 8.13. The average molecular weight is 280 g/mol. The third-order valence-corrected chi connectivity index (χ3v) is 3.47. The minimum Gasteiger partial charge on any atom is -0.398 e. The minimum atomic E-state index is -1.08. The molecule has 0 aliphatic rings. The van der Waals surface area contributed by atoms with Gasteiger partial charge in [0.2, 0.25) is 0 Å². The topological polar surface area (TPSA) is 107 Å². The number of carbonyl (C=O) groups is 1. The zero-order chi connectivity index (χ0) is 14.4. The molecule has 1 aromatic rings. The Morgan fingerprint density at radius 2 is 2.21 bits per heavy atom. The Balaban J connectivity index is 2.66. The summed E-state index contributed by atoms with van der Waals surface area (Å²) < 4.78 is 0. The molecule has 102 valence electrons. The molecule has 0 saturated carbocycles. The van der Waals surface area contributed by atoms with Gasteiger partial charge in [0.15, 0.2) is 5.12 Å². The summed E-state index contributed by atoms with van der Waals surface area (Å²) in [6.07, 6.45) is -1.76. The maximum absolute atomic E-state index is 10.8. The SMILES string of the molecule is CC(=O)SCCC(O)C(O)c1ccc(C#N)c(N)c1. The number of aliphatic hydroxyl groups excluding tert-OH is 2. The summed E-state index contributed by atoms with van der Waals surface area (Å²) in [6, 6.07) is 6.47. The number of aliphatic hydroxyl groups is 2. The van der Waals surface area contributed by atoms with Crippen LogP contribution in [-0.2, 0) is 4.79 Å². The lowest BCUT2D eigenvalue weighted by Crippen LogP contribution is -2.19. The monoisotopic (exact) mass is 280 g/mol. The molecule has 4 N–H and O–H groups in total. The number of carbonyl (C=O) groups excluding carboxylic acids is 1. The van der Waals surface area contributed by atoms with Crippen molar-refractivity contribution in [1.29, 1.82) is 5.26 Å². The molecule has 0 saturated heterocycles. The standard InChI is InChI=1S/C13H16N2O3S/c1-8(16)19-5-4-12(17)13(18)9-2-3-10(7-14)11(15)6-9/h2-3,6,12-13,17-18H,4-5,15H2,1H3. The number of hydrogen-bond acceptors (Lipinski definition) is 6. The highest BCUT2D eigenvalue weighted by atomic mass is 32.2. The van der Waals surface area contributed by atoms with Gasteiger partial charge in [0.25, 0.3) is 0 Å². The highest BCUT2D eigenvalue weighted by Crippen LogP contribution is 2.23. The minimum absolute atomic E-state index is 0.0238. The van der Waals surface area contributed by atoms with E-state index < -0.39 is 12.2 Å². The van der Waals surface area contributed by atoms with Gasteiger partial charge in [-0.05, 0) is 24.1 Å². The predicted octanol–water partition coefficient (Wildman–Crippen LogP) is 1.20. The van der Waals surface area contributed by atoms with Crippen molar-refractivity contribution in [2.24, 2.45) is 0 Å². The molecule has 0 spiro atoms. The summed E-state index contributed by atoms with van der Waals surface area (Å²) in [7, 11) is 0. The molecule has 0 heterocycles. The first kappa shape index (κ1) is 15.5. The molecule has 0 aromatic heterocycles. The number of benzene rings is 1. The van der Waals surface area contributed by atoms with E-state index in [9.17, 15) is 15.0 Å². The molecule has 0 aliphatic heterocycles. The molecule has 2 atom stereocenters. The molecule has 0 fully saturated rings. The summed E-state index contributed by atoms with van der Waals surface area (Å²) in [4.78, 5) is 10.8. The number of nitrogen functional groups attached to an aromatic ring is 1. The fraction of sp³-hybridized carbons (Fsp3) is 0.385. The van der Waals surface area contributed by atoms with E-state index in [0.29, 0.717) is 23.3 Å². The van der Waals surface area contributed by atoms with Crippen molar-refractivity contribution < 1.29 is 15.0 Å². The van der Waals surface area contributed by atoms with Crippen LogP contribution < -0.4 is 5.73 Å². The van der Waals surface area contributed by atoms with E-state index in [1.54, 1.807) is 6.07 Å². The van der Waals surface area contributed by atoms with E-state index in [-0.39, 0.29) is 10.8 Å². The third-order valence-electron chi connectivity index (χ3n) is 2.62. The van der Waals surface area contributed by atoms with Crippen molar-refractivity contribution in [2.75, 3.05) is 11.5 Å². The number of nitriles is 1. The Morgan fingerprint density at radius 1 is 1.53 bits per heavy atom. The normalized spacial score (nSPS) is 13.6. The number of hydrogen-bond donors (Lipinski definition) is 3. The maximum atomic E-state index is 10.8. The van der Waals surface area contributed by atoms with E-state index in [2.05, 4.69) is 0 Å². The Bertz CT molecular complexity index is 499. The number of rotatable bonds is 5. The van der Waals surface area contributed by atoms with Crippen LogP contribution in [0.1, 0.15) is 30.6 Å². The second-order valence-corrected chi connectivity index (χ2v) is 5.37. The van der Waals surface area contributed by atoms with Crippen molar-refractivity contribution >= 4 is 22.6 Å². The Labute approximate surface area is 116 Å². The van der Waals surface area contributed by atoms with E-state index in [1.165, 1.54) is 19.1 Å². The van der Waals surface area contributed by atoms with E-state index in [4.69, 9.17) is 11.0 Å². The zero-order valence-electron chi connectivity index (χ0n) is 10.5. The van der Waals surface area contributed by atoms with Crippen LogP contribution in [-0.4, -0.2) is 27.2 Å². The van der Waals surface area contributed by atoms with Gasteiger partial charge in [-0.1, -0.05) is 17.8 Å². The van der Waals surface area contributed by atoms with Gasteiger partial charge in [-0.3, -0.25) is 4.79 Å². The molecule has 1 aromatic carbocycles. The molecule has 0 aliphatic carbocycles. The molecule has 0 amide bonds. The van der Waals surface area contributed by atoms with Crippen LogP contribution in [0, 0.1) is 11.3 Å². The second-order valence-electron chi connectivity index (χ2n) is 4.10. The average Bonchev–Trinajstić information content (AvgIpc) is 2.37. The van der Waals surface area contributed by atoms with Crippen LogP contribution in [0.3, 0.4) is 0 Å². The molecule has 19 heavy (non-hydrogen) atoms. The van der Waals surface area contributed by atoms with Gasteiger partial charge in [-0.25, -0.2) is 0 Å². The van der Waals surface area contributed by atoms with Crippen molar-refractivity contribution in [3.05, 3.63) is 29.3 Å². The van der Waals surface area contributed by atoms with Gasteiger partial charge in [-0.2, -0.15) is 5.26 Å². The van der Waals surface area contributed by atoms with E-state index in [0.717, 1.165) is 11.8 Å². The third kappa shape index (κ3) is 4.56. The molecule has 0 radical (unpaired) electrons. The molecular weight excluding hydrogens is 264 g/mol. The summed E-state index contributed by atoms with van der Waals surface area (Å²) in [6.45, 7) is 1.45. The van der Waals surface area contributed by atoms with Crippen LogP contribution in [0.25, 0.3) is 0 Å². The summed E-state index contributed by atoms with van der Waals surface area (Å²) in [5.41, 5.74) is 6.70. The lowest BCUT2D eigenvalue weighted by Gasteiger charge is -2.18. The fourth-order valence-corrected chi connectivity index (χ4v) is 2.22. The first-order valence-corrected chi connectivity index (χ1v) is 6.73. The van der Waals surface area contributed by atoms with Crippen LogP contribution in [0.5, 0.6) is 0 Å². The first-order valence-electron chi connectivity index (χ1n) is 5.74. The zero-order valence-corrected chi connectivity index (χ0v) is 11.4. The summed E-state index contributed by atoms with van der Waals surface area (Å²) in [5.74, 6) is 0.444. The lowest BCUT2D eigenvalue weighted by atomic mass is 10.0. The van der Waals surface area contributed by atoms with E-state index >= 15 is 0 Å². The Kier molecular flexibility index (Phi) is 5.83. The lowest BCUT2D eigenvalue weighted by molar-refractivity contribution is -0.109. The van der Waals surface area contributed by atoms with Crippen LogP contribution in [0.15, 0.2) is 18.2 Å². The second kappa shape index (κ2) is 7.14. The molecule has 1 rings (SSSR count). The first-order chi connectivity index (χ1) is 8.95. The van der Waals surface area contributed by atoms with Crippen molar-refractivity contribution in [1.82, 2.24) is 0 Å². The number of nitrogens with zero attached hydrogens (tertiary/aromatic N) is 1. The quantitative estimate of drug-likeness (QED) is 0.700. The van der Waals surface area contributed by atoms with Gasteiger partial charge in [0.05, 0.1) is 11.7 Å². The van der Waals surface area contributed by atoms with Gasteiger partial charge < -0.3 is 15.9 Å². The summed E-state index contributed by atoms with van der Waals surface area (Å²) >= 11 is 1.10. The van der Waals surface area contributed by atoms with Crippen molar-refractivity contribution in [3.63, 3.8) is 0 Å². The van der Waals surface area contributed by atoms with Crippen LogP contribution in [0.2, 0.25) is 0 Å². The molecule has 2 unspecified atom stereocenters. The highest BCUT2D eigenvalue weighted by Gasteiger charge is 2.19.